The fourth-order valence-corrected chi connectivity index (χ4v) is 2.61. The first kappa shape index (κ1) is 20.2. The summed E-state index contributed by atoms with van der Waals surface area (Å²) < 4.78 is 9.88. The van der Waals surface area contributed by atoms with Crippen molar-refractivity contribution in [3.05, 3.63) is 35.9 Å². The molecule has 0 spiro atoms. The largest absolute Gasteiger partial charge is 0.463 e. The van der Waals surface area contributed by atoms with E-state index in [2.05, 4.69) is 6.92 Å². The van der Waals surface area contributed by atoms with E-state index in [1.54, 1.807) is 24.3 Å². The number of ether oxygens (including phenoxy) is 2. The van der Waals surface area contributed by atoms with Crippen LogP contribution in [0.2, 0.25) is 0 Å². The first-order valence-corrected chi connectivity index (χ1v) is 9.10. The van der Waals surface area contributed by atoms with Gasteiger partial charge in [0, 0.05) is 5.56 Å². The summed E-state index contributed by atoms with van der Waals surface area (Å²) in [5, 5.41) is 0. The van der Waals surface area contributed by atoms with Crippen LogP contribution in [0.4, 0.5) is 0 Å². The Morgan fingerprint density at radius 1 is 1.04 bits per heavy atom. The van der Waals surface area contributed by atoms with Crippen molar-refractivity contribution < 1.29 is 19.1 Å². The molecule has 0 amide bonds. The Bertz CT molecular complexity index is 429. The molecule has 0 bridgehead atoms. The van der Waals surface area contributed by atoms with Crippen molar-refractivity contribution in [2.75, 3.05) is 6.61 Å². The molecule has 1 atom stereocenters. The fraction of sp³-hybridized carbons (Fsp3) is 0.600. The minimum Gasteiger partial charge on any atom is -0.463 e. The maximum atomic E-state index is 11.8. The zero-order valence-electron chi connectivity index (χ0n) is 14.7. The van der Waals surface area contributed by atoms with Gasteiger partial charge in [0.05, 0.1) is 6.61 Å². The molecule has 4 nitrogen and oxygen atoms in total. The van der Waals surface area contributed by atoms with Gasteiger partial charge in [-0.1, -0.05) is 88.6 Å². The number of rotatable bonds is 8. The zero-order chi connectivity index (χ0) is 17.5. The van der Waals surface area contributed by atoms with Crippen LogP contribution in [0.25, 0.3) is 0 Å². The highest BCUT2D eigenvalue weighted by Crippen LogP contribution is 2.18. The Hall–Kier alpha value is -1.84. The standard InChI is InChI=1S/C14H18O4.C6H12/c1-2-3-7-10-17-14(16)13(18-11-15)12-8-5-4-6-9-12;1-2-4-6-5-3-1/h4-6,8-9,11,13H,2-3,7,10H2,1H3;1-6H2. The summed E-state index contributed by atoms with van der Waals surface area (Å²) in [5.74, 6) is -0.524. The second kappa shape index (κ2) is 13.6. The van der Waals surface area contributed by atoms with E-state index in [-0.39, 0.29) is 6.47 Å². The van der Waals surface area contributed by atoms with Crippen LogP contribution in [0.5, 0.6) is 0 Å². The van der Waals surface area contributed by atoms with Crippen LogP contribution in [0, 0.1) is 0 Å². The van der Waals surface area contributed by atoms with Crippen LogP contribution in [0.15, 0.2) is 30.3 Å². The lowest BCUT2D eigenvalue weighted by Gasteiger charge is -2.14. The molecule has 1 aliphatic rings. The van der Waals surface area contributed by atoms with Crippen LogP contribution in [0.3, 0.4) is 0 Å². The average molecular weight is 334 g/mol. The second-order valence-electron chi connectivity index (χ2n) is 6.02. The molecular weight excluding hydrogens is 304 g/mol. The van der Waals surface area contributed by atoms with Gasteiger partial charge in [-0.25, -0.2) is 4.79 Å². The maximum absolute atomic E-state index is 11.8. The first-order chi connectivity index (χ1) is 11.8. The van der Waals surface area contributed by atoms with E-state index in [4.69, 9.17) is 9.47 Å². The van der Waals surface area contributed by atoms with E-state index in [0.717, 1.165) is 19.3 Å². The molecule has 1 saturated carbocycles. The van der Waals surface area contributed by atoms with Crippen molar-refractivity contribution in [2.45, 2.75) is 70.8 Å². The Morgan fingerprint density at radius 2 is 1.62 bits per heavy atom. The van der Waals surface area contributed by atoms with E-state index >= 15 is 0 Å². The molecule has 0 heterocycles. The second-order valence-corrected chi connectivity index (χ2v) is 6.02. The third-order valence-electron chi connectivity index (χ3n) is 4.00. The molecule has 1 aliphatic carbocycles. The molecular formula is C20H30O4. The smallest absolute Gasteiger partial charge is 0.352 e. The lowest BCUT2D eigenvalue weighted by atomic mass is 10.0. The number of unbranched alkanes of at least 4 members (excludes halogenated alkanes) is 2. The summed E-state index contributed by atoms with van der Waals surface area (Å²) in [6, 6.07) is 8.83. The van der Waals surface area contributed by atoms with Gasteiger partial charge in [0.1, 0.15) is 0 Å². The summed E-state index contributed by atoms with van der Waals surface area (Å²) in [6.07, 6.45) is 10.9. The molecule has 0 saturated heterocycles. The van der Waals surface area contributed by atoms with Gasteiger partial charge in [0.2, 0.25) is 6.10 Å². The molecule has 0 radical (unpaired) electrons. The highest BCUT2D eigenvalue weighted by Gasteiger charge is 2.23. The quantitative estimate of drug-likeness (QED) is 0.382. The van der Waals surface area contributed by atoms with Crippen molar-refractivity contribution >= 4 is 12.4 Å². The van der Waals surface area contributed by atoms with Crippen molar-refractivity contribution in [1.29, 1.82) is 0 Å². The van der Waals surface area contributed by atoms with Crippen LogP contribution >= 0.6 is 0 Å². The van der Waals surface area contributed by atoms with Gasteiger partial charge in [-0.05, 0) is 6.42 Å². The van der Waals surface area contributed by atoms with Crippen LogP contribution in [-0.2, 0) is 19.1 Å². The molecule has 0 N–H and O–H groups in total. The van der Waals surface area contributed by atoms with E-state index < -0.39 is 12.1 Å². The normalized spacial score (nSPS) is 14.7. The Morgan fingerprint density at radius 3 is 2.12 bits per heavy atom. The third-order valence-corrected chi connectivity index (χ3v) is 4.00. The number of hydrogen-bond donors (Lipinski definition) is 0. The van der Waals surface area contributed by atoms with E-state index in [0.29, 0.717) is 12.2 Å². The molecule has 1 aromatic rings. The Balaban J connectivity index is 0.000000400. The van der Waals surface area contributed by atoms with E-state index in [1.807, 2.05) is 6.07 Å². The van der Waals surface area contributed by atoms with Gasteiger partial charge >= 0.3 is 5.97 Å². The molecule has 1 fully saturated rings. The van der Waals surface area contributed by atoms with Gasteiger partial charge in [0.15, 0.2) is 0 Å². The van der Waals surface area contributed by atoms with Gasteiger partial charge in [-0.2, -0.15) is 0 Å². The molecule has 24 heavy (non-hydrogen) atoms. The zero-order valence-corrected chi connectivity index (χ0v) is 14.7. The first-order valence-electron chi connectivity index (χ1n) is 9.10. The summed E-state index contributed by atoms with van der Waals surface area (Å²) >= 11 is 0. The number of benzene rings is 1. The molecule has 4 heteroatoms. The summed E-state index contributed by atoms with van der Waals surface area (Å²) in [5.41, 5.74) is 0.616. The topological polar surface area (TPSA) is 52.6 Å². The number of carbonyl (C=O) groups is 2. The number of carbonyl (C=O) groups excluding carboxylic acids is 2. The van der Waals surface area contributed by atoms with Crippen molar-refractivity contribution in [3.8, 4) is 0 Å². The number of esters is 1. The molecule has 134 valence electrons. The summed E-state index contributed by atoms with van der Waals surface area (Å²) in [7, 11) is 0. The fourth-order valence-electron chi connectivity index (χ4n) is 2.61. The van der Waals surface area contributed by atoms with Crippen LogP contribution < -0.4 is 0 Å². The van der Waals surface area contributed by atoms with Crippen molar-refractivity contribution in [3.63, 3.8) is 0 Å². The molecule has 0 aliphatic heterocycles. The lowest BCUT2D eigenvalue weighted by Crippen LogP contribution is -2.19. The lowest BCUT2D eigenvalue weighted by molar-refractivity contribution is -0.162. The predicted octanol–water partition coefficient (Wildman–Crippen LogP) is 4.97. The summed E-state index contributed by atoms with van der Waals surface area (Å²) in [4.78, 5) is 22.2. The SMILES string of the molecule is C1CCCCC1.CCCCCOC(=O)C(OC=O)c1ccccc1. The van der Waals surface area contributed by atoms with E-state index in [9.17, 15) is 9.59 Å². The molecule has 1 aromatic carbocycles. The van der Waals surface area contributed by atoms with Crippen molar-refractivity contribution in [2.24, 2.45) is 0 Å². The highest BCUT2D eigenvalue weighted by molar-refractivity contribution is 5.77. The van der Waals surface area contributed by atoms with Crippen LogP contribution in [0.1, 0.15) is 76.4 Å². The monoisotopic (exact) mass is 334 g/mol. The van der Waals surface area contributed by atoms with Gasteiger partial charge in [-0.15, -0.1) is 0 Å². The Kier molecular flexibility index (Phi) is 11.4. The number of hydrogen-bond acceptors (Lipinski definition) is 4. The van der Waals surface area contributed by atoms with Crippen LogP contribution in [-0.4, -0.2) is 19.0 Å². The molecule has 0 aromatic heterocycles. The molecule has 2 rings (SSSR count). The maximum Gasteiger partial charge on any atom is 0.352 e. The predicted molar refractivity (Wildman–Crippen MR) is 94.5 cm³/mol. The minimum absolute atomic E-state index is 0.269. The van der Waals surface area contributed by atoms with Crippen molar-refractivity contribution in [1.82, 2.24) is 0 Å². The Labute approximate surface area is 145 Å². The third kappa shape index (κ3) is 8.70. The molecule has 1 unspecified atom stereocenters. The van der Waals surface area contributed by atoms with Gasteiger partial charge < -0.3 is 9.47 Å². The average Bonchev–Trinajstić information content (AvgIpc) is 2.66. The van der Waals surface area contributed by atoms with E-state index in [1.165, 1.54) is 38.5 Å². The van der Waals surface area contributed by atoms with Gasteiger partial charge in [-0.3, -0.25) is 4.79 Å². The minimum atomic E-state index is -0.967. The highest BCUT2D eigenvalue weighted by atomic mass is 16.6. The summed E-state index contributed by atoms with van der Waals surface area (Å²) in [6.45, 7) is 2.70. The van der Waals surface area contributed by atoms with Gasteiger partial charge in [0.25, 0.3) is 6.47 Å².